The first-order valence-electron chi connectivity index (χ1n) is 4.61. The first-order valence-corrected chi connectivity index (χ1v) is 4.61. The van der Waals surface area contributed by atoms with Crippen LogP contribution in [0, 0.1) is 0 Å². The quantitative estimate of drug-likeness (QED) is 0.775. The van der Waals surface area contributed by atoms with Gasteiger partial charge >= 0.3 is 0 Å². The highest BCUT2D eigenvalue weighted by Gasteiger charge is 2.00. The lowest BCUT2D eigenvalue weighted by Gasteiger charge is -2.07. The number of anilines is 2. The molecule has 0 atom stereocenters. The zero-order chi connectivity index (χ0) is 9.80. The normalized spacial score (nSPS) is 10.1. The third-order valence-electron chi connectivity index (χ3n) is 2.08. The maximum absolute atomic E-state index is 3.94. The van der Waals surface area contributed by atoms with Crippen LogP contribution in [0.2, 0.25) is 0 Å². The van der Waals surface area contributed by atoms with Crippen molar-refractivity contribution in [1.29, 1.82) is 0 Å². The molecule has 2 N–H and O–H groups in total. The third kappa shape index (κ3) is 1.74. The molecule has 1 heterocycles. The van der Waals surface area contributed by atoms with Crippen molar-refractivity contribution in [3.63, 3.8) is 0 Å². The van der Waals surface area contributed by atoms with Crippen molar-refractivity contribution in [2.24, 2.45) is 0 Å². The monoisotopic (exact) mass is 188 g/mol. The van der Waals surface area contributed by atoms with Gasteiger partial charge in [0, 0.05) is 5.69 Å². The number of aromatic amines is 1. The van der Waals surface area contributed by atoms with Crippen molar-refractivity contribution in [3.8, 4) is 0 Å². The number of aryl methyl sites for hydroxylation is 1. The Morgan fingerprint density at radius 2 is 2.21 bits per heavy atom. The zero-order valence-corrected chi connectivity index (χ0v) is 7.99. The Hall–Kier alpha value is -1.84. The lowest BCUT2D eigenvalue weighted by Crippen LogP contribution is -1.94. The van der Waals surface area contributed by atoms with Gasteiger partial charge in [0.25, 0.3) is 0 Å². The van der Waals surface area contributed by atoms with Crippen LogP contribution in [-0.2, 0) is 6.42 Å². The molecule has 0 aliphatic carbocycles. The molecule has 2 rings (SSSR count). The number of aromatic nitrogens is 3. The fourth-order valence-electron chi connectivity index (χ4n) is 1.35. The number of nitrogens with zero attached hydrogens (tertiary/aromatic N) is 2. The van der Waals surface area contributed by atoms with Crippen molar-refractivity contribution in [2.75, 3.05) is 5.32 Å². The smallest absolute Gasteiger partial charge is 0.172 e. The van der Waals surface area contributed by atoms with E-state index in [0.29, 0.717) is 0 Å². The number of para-hydroxylation sites is 1. The molecule has 4 heteroatoms. The molecule has 0 saturated carbocycles. The van der Waals surface area contributed by atoms with E-state index in [0.717, 1.165) is 17.9 Å². The summed E-state index contributed by atoms with van der Waals surface area (Å²) in [7, 11) is 0. The minimum atomic E-state index is 0.742. The molecule has 0 unspecified atom stereocenters. The average Bonchev–Trinajstić information content (AvgIpc) is 2.71. The highest BCUT2D eigenvalue weighted by atomic mass is 15.3. The maximum atomic E-state index is 3.94. The molecule has 4 nitrogen and oxygen atoms in total. The Morgan fingerprint density at radius 1 is 1.36 bits per heavy atom. The first-order chi connectivity index (χ1) is 6.90. The largest absolute Gasteiger partial charge is 0.337 e. The molecule has 0 aliphatic heterocycles. The van der Waals surface area contributed by atoms with Gasteiger partial charge in [-0.2, -0.15) is 10.3 Å². The molecular weight excluding hydrogens is 176 g/mol. The lowest BCUT2D eigenvalue weighted by molar-refractivity contribution is 0.942. The van der Waals surface area contributed by atoms with Crippen LogP contribution < -0.4 is 5.32 Å². The Kier molecular flexibility index (Phi) is 2.44. The number of nitrogens with one attached hydrogen (secondary N) is 2. The standard InChI is InChI=1S/C10H12N4/c1-2-8-5-3-4-6-9(8)12-10-7-11-14-13-10/h3-7H,2H2,1H3,(H2,11,12,13,14). The van der Waals surface area contributed by atoms with Gasteiger partial charge in [-0.3, -0.25) is 0 Å². The van der Waals surface area contributed by atoms with Gasteiger partial charge in [0.2, 0.25) is 0 Å². The highest BCUT2D eigenvalue weighted by molar-refractivity contribution is 5.59. The van der Waals surface area contributed by atoms with Crippen molar-refractivity contribution >= 4 is 11.5 Å². The SMILES string of the molecule is CCc1ccccc1Nc1cn[nH]n1. The molecular formula is C10H12N4. The summed E-state index contributed by atoms with van der Waals surface area (Å²) < 4.78 is 0. The summed E-state index contributed by atoms with van der Waals surface area (Å²) in [6.07, 6.45) is 2.66. The summed E-state index contributed by atoms with van der Waals surface area (Å²) in [5.74, 6) is 0.742. The van der Waals surface area contributed by atoms with Crippen LogP contribution in [0.3, 0.4) is 0 Å². The van der Waals surface area contributed by atoms with E-state index in [1.807, 2.05) is 18.2 Å². The fraction of sp³-hybridized carbons (Fsp3) is 0.200. The Bertz CT molecular complexity index is 394. The van der Waals surface area contributed by atoms with Gasteiger partial charge < -0.3 is 5.32 Å². The van der Waals surface area contributed by atoms with Crippen LogP contribution in [0.15, 0.2) is 30.5 Å². The second kappa shape index (κ2) is 3.91. The van der Waals surface area contributed by atoms with Crippen LogP contribution in [0.1, 0.15) is 12.5 Å². The molecule has 0 saturated heterocycles. The predicted octanol–water partition coefficient (Wildman–Crippen LogP) is 2.11. The second-order valence-electron chi connectivity index (χ2n) is 2.99. The van der Waals surface area contributed by atoms with E-state index in [-0.39, 0.29) is 0 Å². The Labute approximate surface area is 82.4 Å². The minimum absolute atomic E-state index is 0.742. The van der Waals surface area contributed by atoms with Crippen molar-refractivity contribution < 1.29 is 0 Å². The van der Waals surface area contributed by atoms with E-state index in [1.165, 1.54) is 5.56 Å². The van der Waals surface area contributed by atoms with E-state index >= 15 is 0 Å². The highest BCUT2D eigenvalue weighted by Crippen LogP contribution is 2.18. The topological polar surface area (TPSA) is 53.6 Å². The molecule has 0 fully saturated rings. The second-order valence-corrected chi connectivity index (χ2v) is 2.99. The molecule has 2 aromatic rings. The summed E-state index contributed by atoms with van der Waals surface area (Å²) in [4.78, 5) is 0. The first kappa shape index (κ1) is 8.74. The lowest BCUT2D eigenvalue weighted by atomic mass is 10.1. The van der Waals surface area contributed by atoms with E-state index in [9.17, 15) is 0 Å². The molecule has 1 aromatic heterocycles. The number of benzene rings is 1. The van der Waals surface area contributed by atoms with Crippen molar-refractivity contribution in [2.45, 2.75) is 13.3 Å². The van der Waals surface area contributed by atoms with Gasteiger partial charge in [0.1, 0.15) is 0 Å². The Balaban J connectivity index is 2.24. The number of rotatable bonds is 3. The van der Waals surface area contributed by atoms with Crippen LogP contribution in [0.25, 0.3) is 0 Å². The van der Waals surface area contributed by atoms with Crippen molar-refractivity contribution in [3.05, 3.63) is 36.0 Å². The Morgan fingerprint density at radius 3 is 2.93 bits per heavy atom. The minimum Gasteiger partial charge on any atom is -0.337 e. The molecule has 14 heavy (non-hydrogen) atoms. The van der Waals surface area contributed by atoms with E-state index in [4.69, 9.17) is 0 Å². The van der Waals surface area contributed by atoms with Crippen LogP contribution >= 0.6 is 0 Å². The fourth-order valence-corrected chi connectivity index (χ4v) is 1.35. The molecule has 72 valence electrons. The van der Waals surface area contributed by atoms with Crippen LogP contribution in [0.4, 0.5) is 11.5 Å². The van der Waals surface area contributed by atoms with Gasteiger partial charge in [0.05, 0.1) is 6.20 Å². The van der Waals surface area contributed by atoms with Gasteiger partial charge in [-0.1, -0.05) is 25.1 Å². The van der Waals surface area contributed by atoms with Gasteiger partial charge in [0.15, 0.2) is 5.82 Å². The summed E-state index contributed by atoms with van der Waals surface area (Å²) >= 11 is 0. The van der Waals surface area contributed by atoms with Crippen LogP contribution in [0.5, 0.6) is 0 Å². The molecule has 0 spiro atoms. The van der Waals surface area contributed by atoms with Crippen molar-refractivity contribution in [1.82, 2.24) is 15.4 Å². The van der Waals surface area contributed by atoms with E-state index in [1.54, 1.807) is 6.20 Å². The van der Waals surface area contributed by atoms with E-state index in [2.05, 4.69) is 33.7 Å². The molecule has 1 aromatic carbocycles. The summed E-state index contributed by atoms with van der Waals surface area (Å²) in [6.45, 7) is 2.13. The summed E-state index contributed by atoms with van der Waals surface area (Å²) in [5.41, 5.74) is 2.36. The van der Waals surface area contributed by atoms with Crippen LogP contribution in [-0.4, -0.2) is 15.4 Å². The van der Waals surface area contributed by atoms with Gasteiger partial charge in [-0.05, 0) is 18.1 Å². The number of hydrogen-bond donors (Lipinski definition) is 2. The third-order valence-corrected chi connectivity index (χ3v) is 2.08. The molecule has 0 amide bonds. The maximum Gasteiger partial charge on any atom is 0.172 e. The van der Waals surface area contributed by atoms with Gasteiger partial charge in [-0.15, -0.1) is 5.10 Å². The molecule has 0 aliphatic rings. The summed E-state index contributed by atoms with van der Waals surface area (Å²) in [6, 6.07) is 8.17. The summed E-state index contributed by atoms with van der Waals surface area (Å²) in [5, 5.41) is 13.4. The predicted molar refractivity (Wildman–Crippen MR) is 55.5 cm³/mol. The average molecular weight is 188 g/mol. The van der Waals surface area contributed by atoms with E-state index < -0.39 is 0 Å². The molecule has 0 radical (unpaired) electrons. The number of hydrogen-bond acceptors (Lipinski definition) is 3. The van der Waals surface area contributed by atoms with Gasteiger partial charge in [-0.25, -0.2) is 0 Å². The molecule has 0 bridgehead atoms. The number of H-pyrrole nitrogens is 1. The zero-order valence-electron chi connectivity index (χ0n) is 7.99.